The number of aryl methyl sites for hydroxylation is 1. The summed E-state index contributed by atoms with van der Waals surface area (Å²) >= 11 is 0. The molecule has 1 aromatic rings. The smallest absolute Gasteiger partial charge is 0.341 e. The summed E-state index contributed by atoms with van der Waals surface area (Å²) in [6.45, 7) is 8.06. The van der Waals surface area contributed by atoms with Crippen molar-refractivity contribution in [2.75, 3.05) is 26.2 Å². The van der Waals surface area contributed by atoms with E-state index in [1.165, 1.54) is 0 Å². The zero-order valence-corrected chi connectivity index (χ0v) is 11.8. The number of hydrogen-bond acceptors (Lipinski definition) is 5. The third-order valence-corrected chi connectivity index (χ3v) is 3.55. The number of carbonyl (C=O) groups excluding carboxylic acids is 1. The zero-order chi connectivity index (χ0) is 13.8. The van der Waals surface area contributed by atoms with Gasteiger partial charge in [-0.2, -0.15) is 5.10 Å². The number of rotatable bonds is 4. The van der Waals surface area contributed by atoms with Gasteiger partial charge in [-0.1, -0.05) is 0 Å². The molecular weight excluding hydrogens is 244 g/mol. The van der Waals surface area contributed by atoms with Gasteiger partial charge in [-0.3, -0.25) is 9.58 Å². The van der Waals surface area contributed by atoms with Crippen molar-refractivity contribution >= 4 is 5.97 Å². The van der Waals surface area contributed by atoms with E-state index in [2.05, 4.69) is 22.2 Å². The van der Waals surface area contributed by atoms with Crippen molar-refractivity contribution in [1.29, 1.82) is 0 Å². The van der Waals surface area contributed by atoms with Gasteiger partial charge in [0.1, 0.15) is 5.56 Å². The first-order valence-electron chi connectivity index (χ1n) is 6.76. The topological polar surface area (TPSA) is 59.4 Å². The molecule has 2 heterocycles. The summed E-state index contributed by atoms with van der Waals surface area (Å²) < 4.78 is 6.84. The summed E-state index contributed by atoms with van der Waals surface area (Å²) in [4.78, 5) is 14.3. The van der Waals surface area contributed by atoms with Gasteiger partial charge in [-0.05, 0) is 13.8 Å². The summed E-state index contributed by atoms with van der Waals surface area (Å²) in [5, 5.41) is 7.54. The van der Waals surface area contributed by atoms with Gasteiger partial charge >= 0.3 is 5.97 Å². The van der Waals surface area contributed by atoms with E-state index in [0.29, 0.717) is 18.2 Å². The second-order valence-corrected chi connectivity index (χ2v) is 4.87. The lowest BCUT2D eigenvalue weighted by molar-refractivity contribution is 0.0522. The molecule has 19 heavy (non-hydrogen) atoms. The van der Waals surface area contributed by atoms with Crippen LogP contribution in [0, 0.1) is 0 Å². The first-order valence-corrected chi connectivity index (χ1v) is 6.76. The lowest BCUT2D eigenvalue weighted by Crippen LogP contribution is -2.49. The molecule has 6 heteroatoms. The summed E-state index contributed by atoms with van der Waals surface area (Å²) in [6, 6.07) is 0.457. The van der Waals surface area contributed by atoms with Gasteiger partial charge in [0.15, 0.2) is 0 Å². The maximum absolute atomic E-state index is 11.9. The first-order chi connectivity index (χ1) is 9.13. The summed E-state index contributed by atoms with van der Waals surface area (Å²) in [5.74, 6) is -0.284. The van der Waals surface area contributed by atoms with Crippen LogP contribution in [0.5, 0.6) is 0 Å². The standard InChI is InChI=1S/C13H22N4O2/c1-4-19-13(18)11-8-15-16(3)12(11)9-17-6-5-14-7-10(17)2/h8,10,14H,4-7,9H2,1-3H3. The third kappa shape index (κ3) is 3.13. The van der Waals surface area contributed by atoms with Gasteiger partial charge in [0.25, 0.3) is 0 Å². The minimum absolute atomic E-state index is 0.284. The van der Waals surface area contributed by atoms with E-state index in [1.807, 2.05) is 14.0 Å². The van der Waals surface area contributed by atoms with Crippen molar-refractivity contribution in [1.82, 2.24) is 20.0 Å². The Hall–Kier alpha value is -1.40. The fourth-order valence-corrected chi connectivity index (χ4v) is 2.34. The number of carbonyl (C=O) groups is 1. The molecule has 0 saturated carbocycles. The Bertz CT molecular complexity index is 444. The van der Waals surface area contributed by atoms with Crippen molar-refractivity contribution in [3.8, 4) is 0 Å². The quantitative estimate of drug-likeness (QED) is 0.799. The van der Waals surface area contributed by atoms with Crippen molar-refractivity contribution in [2.24, 2.45) is 7.05 Å². The van der Waals surface area contributed by atoms with Crippen LogP contribution < -0.4 is 5.32 Å². The summed E-state index contributed by atoms with van der Waals surface area (Å²) in [7, 11) is 1.87. The number of nitrogens with one attached hydrogen (secondary N) is 1. The molecule has 0 aliphatic carbocycles. The Kier molecular flexibility index (Phi) is 4.55. The zero-order valence-electron chi connectivity index (χ0n) is 11.8. The average molecular weight is 266 g/mol. The fourth-order valence-electron chi connectivity index (χ4n) is 2.34. The van der Waals surface area contributed by atoms with E-state index < -0.39 is 0 Å². The molecule has 1 unspecified atom stereocenters. The molecule has 1 atom stereocenters. The Morgan fingerprint density at radius 1 is 1.63 bits per heavy atom. The van der Waals surface area contributed by atoms with Gasteiger partial charge in [-0.15, -0.1) is 0 Å². The molecule has 0 amide bonds. The molecule has 1 aliphatic heterocycles. The second-order valence-electron chi connectivity index (χ2n) is 4.87. The van der Waals surface area contributed by atoms with E-state index >= 15 is 0 Å². The Labute approximate surface area is 113 Å². The van der Waals surface area contributed by atoms with Crippen LogP contribution in [0.4, 0.5) is 0 Å². The lowest BCUT2D eigenvalue weighted by atomic mass is 10.1. The number of aromatic nitrogens is 2. The molecule has 0 aromatic carbocycles. The maximum Gasteiger partial charge on any atom is 0.341 e. The van der Waals surface area contributed by atoms with Gasteiger partial charge < -0.3 is 10.1 Å². The van der Waals surface area contributed by atoms with Crippen molar-refractivity contribution < 1.29 is 9.53 Å². The van der Waals surface area contributed by atoms with E-state index in [0.717, 1.165) is 31.9 Å². The highest BCUT2D eigenvalue weighted by Gasteiger charge is 2.23. The van der Waals surface area contributed by atoms with Crippen LogP contribution in [-0.4, -0.2) is 52.9 Å². The summed E-state index contributed by atoms with van der Waals surface area (Å²) in [5.41, 5.74) is 1.50. The van der Waals surface area contributed by atoms with Gasteiger partial charge in [0, 0.05) is 39.3 Å². The Morgan fingerprint density at radius 3 is 3.11 bits per heavy atom. The lowest BCUT2D eigenvalue weighted by Gasteiger charge is -2.33. The van der Waals surface area contributed by atoms with Gasteiger partial charge in [-0.25, -0.2) is 4.79 Å². The molecule has 0 bridgehead atoms. The van der Waals surface area contributed by atoms with Crippen LogP contribution in [0.1, 0.15) is 29.9 Å². The largest absolute Gasteiger partial charge is 0.462 e. The van der Waals surface area contributed by atoms with Gasteiger partial charge in [0.2, 0.25) is 0 Å². The van der Waals surface area contributed by atoms with Crippen LogP contribution in [0.25, 0.3) is 0 Å². The molecule has 1 N–H and O–H groups in total. The maximum atomic E-state index is 11.9. The molecule has 0 radical (unpaired) electrons. The monoisotopic (exact) mass is 266 g/mol. The molecule has 1 fully saturated rings. The molecular formula is C13H22N4O2. The minimum Gasteiger partial charge on any atom is -0.462 e. The SMILES string of the molecule is CCOC(=O)c1cnn(C)c1CN1CCNCC1C. The predicted octanol–water partition coefficient (Wildman–Crippen LogP) is 0.391. The molecule has 2 rings (SSSR count). The van der Waals surface area contributed by atoms with Crippen LogP contribution in [0.2, 0.25) is 0 Å². The number of piperazine rings is 1. The second kappa shape index (κ2) is 6.16. The van der Waals surface area contributed by atoms with Crippen molar-refractivity contribution in [3.05, 3.63) is 17.5 Å². The predicted molar refractivity (Wildman–Crippen MR) is 71.9 cm³/mol. The molecule has 1 aliphatic rings. The minimum atomic E-state index is -0.284. The number of esters is 1. The Balaban J connectivity index is 2.14. The van der Waals surface area contributed by atoms with Crippen LogP contribution in [0.15, 0.2) is 6.20 Å². The van der Waals surface area contributed by atoms with Crippen LogP contribution >= 0.6 is 0 Å². The van der Waals surface area contributed by atoms with Crippen LogP contribution in [0.3, 0.4) is 0 Å². The average Bonchev–Trinajstić information content (AvgIpc) is 2.74. The van der Waals surface area contributed by atoms with Crippen molar-refractivity contribution in [3.63, 3.8) is 0 Å². The van der Waals surface area contributed by atoms with Crippen LogP contribution in [-0.2, 0) is 18.3 Å². The van der Waals surface area contributed by atoms with E-state index in [4.69, 9.17) is 4.74 Å². The molecule has 106 valence electrons. The molecule has 0 spiro atoms. The van der Waals surface area contributed by atoms with E-state index in [-0.39, 0.29) is 5.97 Å². The van der Waals surface area contributed by atoms with E-state index in [9.17, 15) is 4.79 Å². The number of hydrogen-bond donors (Lipinski definition) is 1. The highest BCUT2D eigenvalue weighted by Crippen LogP contribution is 2.15. The highest BCUT2D eigenvalue weighted by atomic mass is 16.5. The van der Waals surface area contributed by atoms with Crippen molar-refractivity contribution in [2.45, 2.75) is 26.4 Å². The van der Waals surface area contributed by atoms with Gasteiger partial charge in [0.05, 0.1) is 18.5 Å². The first kappa shape index (κ1) is 14.0. The number of ether oxygens (including phenoxy) is 1. The molecule has 6 nitrogen and oxygen atoms in total. The third-order valence-electron chi connectivity index (χ3n) is 3.55. The van der Waals surface area contributed by atoms with E-state index in [1.54, 1.807) is 10.9 Å². The highest BCUT2D eigenvalue weighted by molar-refractivity contribution is 5.90. The Morgan fingerprint density at radius 2 is 2.42 bits per heavy atom. The number of nitrogens with zero attached hydrogens (tertiary/aromatic N) is 3. The molecule has 1 aromatic heterocycles. The summed E-state index contributed by atoms with van der Waals surface area (Å²) in [6.07, 6.45) is 1.60. The fraction of sp³-hybridized carbons (Fsp3) is 0.692. The normalized spacial score (nSPS) is 20.5. The molecule has 1 saturated heterocycles.